The Balaban J connectivity index is 2.33. The van der Waals surface area contributed by atoms with E-state index in [1.807, 2.05) is 6.92 Å². The Morgan fingerprint density at radius 3 is 2.43 bits per heavy atom. The second-order valence-corrected chi connectivity index (χ2v) is 7.15. The van der Waals surface area contributed by atoms with Crippen LogP contribution < -0.4 is 10.7 Å². The molecule has 1 amide bonds. The van der Waals surface area contributed by atoms with Crippen molar-refractivity contribution >= 4 is 34.9 Å². The lowest BCUT2D eigenvalue weighted by Crippen LogP contribution is -2.24. The minimum absolute atomic E-state index is 0.205. The van der Waals surface area contributed by atoms with Crippen LogP contribution >= 0.6 is 23.2 Å². The number of hydrogen-bond donors (Lipinski definition) is 1. The summed E-state index contributed by atoms with van der Waals surface area (Å²) in [5, 5.41) is 8.25. The highest BCUT2D eigenvalue weighted by Gasteiger charge is 2.21. The van der Waals surface area contributed by atoms with Crippen LogP contribution in [0.1, 0.15) is 25.5 Å². The first kappa shape index (κ1) is 20.1. The van der Waals surface area contributed by atoms with E-state index in [9.17, 15) is 9.59 Å². The van der Waals surface area contributed by atoms with Gasteiger partial charge in [0.15, 0.2) is 0 Å². The van der Waals surface area contributed by atoms with Crippen LogP contribution in [0, 0.1) is 6.92 Å². The van der Waals surface area contributed by atoms with E-state index in [1.165, 1.54) is 0 Å². The third-order valence-corrected chi connectivity index (χ3v) is 4.79. The van der Waals surface area contributed by atoms with Crippen LogP contribution in [0.4, 0.5) is 5.82 Å². The quantitative estimate of drug-likeness (QED) is 0.618. The molecule has 144 valence electrons. The van der Waals surface area contributed by atoms with Gasteiger partial charge >= 0.3 is 0 Å². The van der Waals surface area contributed by atoms with Crippen molar-refractivity contribution in [2.75, 3.05) is 5.32 Å². The molecule has 0 bridgehead atoms. The monoisotopic (exact) mass is 415 g/mol. The van der Waals surface area contributed by atoms with Crippen LogP contribution in [0.5, 0.6) is 0 Å². The van der Waals surface area contributed by atoms with E-state index in [-0.39, 0.29) is 17.2 Å². The van der Waals surface area contributed by atoms with Gasteiger partial charge in [-0.3, -0.25) is 9.59 Å². The normalized spacial score (nSPS) is 10.7. The summed E-state index contributed by atoms with van der Waals surface area (Å²) in [5.74, 6) is 0.0769. The molecule has 3 rings (SSSR count). The molecule has 0 aliphatic rings. The molecule has 0 radical (unpaired) electrons. The van der Waals surface area contributed by atoms with E-state index in [0.29, 0.717) is 45.4 Å². The zero-order valence-electron chi connectivity index (χ0n) is 15.5. The van der Waals surface area contributed by atoms with E-state index >= 15 is 0 Å². The largest absolute Gasteiger partial charge is 0.310 e. The summed E-state index contributed by atoms with van der Waals surface area (Å²) < 4.78 is 1.54. The molecule has 0 fully saturated rings. The molecule has 2 aromatic carbocycles. The van der Waals surface area contributed by atoms with E-state index in [2.05, 4.69) is 10.4 Å². The van der Waals surface area contributed by atoms with Gasteiger partial charge in [-0.1, -0.05) is 48.3 Å². The van der Waals surface area contributed by atoms with Crippen LogP contribution in [0.15, 0.2) is 53.3 Å². The first-order valence-electron chi connectivity index (χ1n) is 8.87. The molecule has 1 heterocycles. The molecule has 1 N–H and O–H groups in total. The van der Waals surface area contributed by atoms with Gasteiger partial charge in [-0.25, -0.2) is 4.68 Å². The first-order valence-corrected chi connectivity index (χ1v) is 9.62. The van der Waals surface area contributed by atoms with Crippen LogP contribution in [-0.4, -0.2) is 15.7 Å². The number of benzene rings is 2. The van der Waals surface area contributed by atoms with Crippen molar-refractivity contribution in [3.05, 3.63) is 74.5 Å². The highest BCUT2D eigenvalue weighted by atomic mass is 35.5. The molecule has 28 heavy (non-hydrogen) atoms. The minimum atomic E-state index is -0.287. The van der Waals surface area contributed by atoms with Crippen molar-refractivity contribution in [2.24, 2.45) is 0 Å². The molecule has 5 nitrogen and oxygen atoms in total. The van der Waals surface area contributed by atoms with Crippen LogP contribution in [0.25, 0.3) is 16.8 Å². The molecule has 0 aliphatic heterocycles. The average molecular weight is 416 g/mol. The number of anilines is 1. The maximum atomic E-state index is 13.0. The number of aromatic nitrogens is 2. The number of amides is 1. The van der Waals surface area contributed by atoms with Crippen LogP contribution in [0.3, 0.4) is 0 Å². The molecule has 3 aromatic rings. The van der Waals surface area contributed by atoms with Gasteiger partial charge < -0.3 is 5.32 Å². The summed E-state index contributed by atoms with van der Waals surface area (Å²) in [7, 11) is 0. The zero-order chi connectivity index (χ0) is 20.3. The molecule has 0 spiro atoms. The number of nitrogens with zero attached hydrogens (tertiary/aromatic N) is 2. The summed E-state index contributed by atoms with van der Waals surface area (Å²) in [6.07, 6.45) is 1.00. The maximum Gasteiger partial charge on any atom is 0.225 e. The van der Waals surface area contributed by atoms with Gasteiger partial charge in [0.1, 0.15) is 11.5 Å². The van der Waals surface area contributed by atoms with Gasteiger partial charge in [-0.15, -0.1) is 0 Å². The molecule has 0 saturated heterocycles. The van der Waals surface area contributed by atoms with Crippen molar-refractivity contribution in [1.29, 1.82) is 0 Å². The van der Waals surface area contributed by atoms with Gasteiger partial charge in [0.2, 0.25) is 11.3 Å². The van der Waals surface area contributed by atoms with Gasteiger partial charge in [0, 0.05) is 22.0 Å². The summed E-state index contributed by atoms with van der Waals surface area (Å²) >= 11 is 12.4. The lowest BCUT2D eigenvalue weighted by atomic mass is 10.0. The smallest absolute Gasteiger partial charge is 0.225 e. The third kappa shape index (κ3) is 4.11. The summed E-state index contributed by atoms with van der Waals surface area (Å²) in [6.45, 7) is 3.54. The summed E-state index contributed by atoms with van der Waals surface area (Å²) in [6, 6.07) is 14.0. The van der Waals surface area contributed by atoms with E-state index < -0.39 is 0 Å². The number of carbonyl (C=O) groups excluding carboxylic acids is 1. The van der Waals surface area contributed by atoms with E-state index in [1.54, 1.807) is 60.1 Å². The average Bonchev–Trinajstić information content (AvgIpc) is 2.67. The number of rotatable bonds is 5. The molecule has 1 aromatic heterocycles. The van der Waals surface area contributed by atoms with E-state index in [4.69, 9.17) is 23.2 Å². The minimum Gasteiger partial charge on any atom is -0.310 e. The predicted molar refractivity (Wildman–Crippen MR) is 114 cm³/mol. The summed E-state index contributed by atoms with van der Waals surface area (Å²) in [4.78, 5) is 25.4. The number of carbonyl (C=O) groups is 1. The van der Waals surface area contributed by atoms with Gasteiger partial charge in [0.05, 0.1) is 11.3 Å². The first-order chi connectivity index (χ1) is 13.4. The zero-order valence-corrected chi connectivity index (χ0v) is 17.0. The maximum absolute atomic E-state index is 13.0. The summed E-state index contributed by atoms with van der Waals surface area (Å²) in [5.41, 5.74) is 1.50. The third-order valence-electron chi connectivity index (χ3n) is 4.20. The van der Waals surface area contributed by atoms with Crippen molar-refractivity contribution in [3.8, 4) is 16.8 Å². The molecule has 0 aliphatic carbocycles. The molecule has 0 saturated carbocycles. The SMILES string of the molecule is CCCC(=O)Nc1c(-c2ccccc2Cl)c(=O)c(C)nn1-c1ccc(Cl)cc1. The molecule has 7 heteroatoms. The Morgan fingerprint density at radius 2 is 1.79 bits per heavy atom. The van der Waals surface area contributed by atoms with E-state index in [0.717, 1.165) is 0 Å². The fourth-order valence-electron chi connectivity index (χ4n) is 2.86. The second-order valence-electron chi connectivity index (χ2n) is 6.30. The number of aryl methyl sites for hydroxylation is 1. The Labute approximate surface area is 172 Å². The number of nitrogens with one attached hydrogen (secondary N) is 1. The van der Waals surface area contributed by atoms with Gasteiger partial charge in [-0.05, 0) is 43.7 Å². The van der Waals surface area contributed by atoms with Gasteiger partial charge in [0.25, 0.3) is 0 Å². The Hall–Kier alpha value is -2.63. The van der Waals surface area contributed by atoms with Crippen molar-refractivity contribution < 1.29 is 4.79 Å². The molecule has 0 atom stereocenters. The fourth-order valence-corrected chi connectivity index (χ4v) is 3.22. The lowest BCUT2D eigenvalue weighted by molar-refractivity contribution is -0.116. The highest BCUT2D eigenvalue weighted by Crippen LogP contribution is 2.32. The predicted octanol–water partition coefficient (Wildman–Crippen LogP) is 5.25. The van der Waals surface area contributed by atoms with Gasteiger partial charge in [-0.2, -0.15) is 5.10 Å². The van der Waals surface area contributed by atoms with Crippen molar-refractivity contribution in [1.82, 2.24) is 9.78 Å². The topological polar surface area (TPSA) is 64.0 Å². The number of halogens is 2. The molecular formula is C21H19Cl2N3O2. The lowest BCUT2D eigenvalue weighted by Gasteiger charge is -2.19. The standard InChI is InChI=1S/C21H19Cl2N3O2/c1-3-6-18(27)24-21-19(16-7-4-5-8-17(16)23)20(28)13(2)25-26(21)15-11-9-14(22)10-12-15/h4-5,7-12H,3,6H2,1-2H3,(H,24,27). The Morgan fingerprint density at radius 1 is 1.11 bits per heavy atom. The van der Waals surface area contributed by atoms with Crippen molar-refractivity contribution in [3.63, 3.8) is 0 Å². The van der Waals surface area contributed by atoms with Crippen LogP contribution in [0.2, 0.25) is 10.0 Å². The number of hydrogen-bond acceptors (Lipinski definition) is 3. The Bertz CT molecular complexity index is 1080. The fraction of sp³-hybridized carbons (Fsp3) is 0.190. The second kappa shape index (κ2) is 8.59. The van der Waals surface area contributed by atoms with Crippen molar-refractivity contribution in [2.45, 2.75) is 26.7 Å². The molecule has 0 unspecified atom stereocenters. The van der Waals surface area contributed by atoms with Crippen LogP contribution in [-0.2, 0) is 4.79 Å². The molecular weight excluding hydrogens is 397 g/mol. The Kier molecular flexibility index (Phi) is 6.17. The highest BCUT2D eigenvalue weighted by molar-refractivity contribution is 6.33.